The van der Waals surface area contributed by atoms with Crippen molar-refractivity contribution in [3.8, 4) is 0 Å². The lowest BCUT2D eigenvalue weighted by molar-refractivity contribution is 0.102. The molecule has 0 atom stereocenters. The number of imidazole rings is 1. The van der Waals surface area contributed by atoms with Crippen molar-refractivity contribution in [1.82, 2.24) is 20.4 Å². The SMILES string of the molecule is O=C(Nc1nc2cccc(Br)c2n1C1=NCCCNN1)c1ccccc1. The number of amides is 1. The first kappa shape index (κ1) is 16.7. The van der Waals surface area contributed by atoms with Crippen LogP contribution in [0, 0.1) is 0 Å². The summed E-state index contributed by atoms with van der Waals surface area (Å²) in [6.45, 7) is 1.50. The van der Waals surface area contributed by atoms with Gasteiger partial charge in [-0.05, 0) is 46.6 Å². The van der Waals surface area contributed by atoms with E-state index in [1.807, 2.05) is 41.0 Å². The molecule has 2 aromatic carbocycles. The highest BCUT2D eigenvalue weighted by Gasteiger charge is 2.20. The van der Waals surface area contributed by atoms with Crippen molar-refractivity contribution in [1.29, 1.82) is 0 Å². The van der Waals surface area contributed by atoms with E-state index < -0.39 is 0 Å². The number of hydrogen-bond acceptors (Lipinski definition) is 5. The zero-order valence-electron chi connectivity index (χ0n) is 13.9. The molecule has 1 amide bonds. The molecule has 1 aromatic heterocycles. The number of nitrogens with zero attached hydrogens (tertiary/aromatic N) is 3. The number of carbonyl (C=O) groups is 1. The molecule has 0 spiro atoms. The number of benzene rings is 2. The maximum absolute atomic E-state index is 12.6. The van der Waals surface area contributed by atoms with Crippen molar-refractivity contribution >= 4 is 44.8 Å². The van der Waals surface area contributed by atoms with Crippen LogP contribution in [0.25, 0.3) is 11.0 Å². The number of aliphatic imine (C=N–C) groups is 1. The highest BCUT2D eigenvalue weighted by molar-refractivity contribution is 9.10. The standard InChI is InChI=1S/C18H17BrN6O/c19-13-8-4-9-14-15(13)25(17-20-10-5-11-21-24-17)18(22-14)23-16(26)12-6-2-1-3-7-12/h1-4,6-9,21H,5,10-11H2,(H,20,24)(H,22,23,26). The number of anilines is 1. The Labute approximate surface area is 158 Å². The molecule has 0 saturated carbocycles. The first-order chi connectivity index (χ1) is 12.7. The summed E-state index contributed by atoms with van der Waals surface area (Å²) in [5, 5.41) is 2.90. The van der Waals surface area contributed by atoms with Crippen LogP contribution in [0.3, 0.4) is 0 Å². The van der Waals surface area contributed by atoms with E-state index in [1.54, 1.807) is 12.1 Å². The van der Waals surface area contributed by atoms with Crippen LogP contribution >= 0.6 is 15.9 Å². The Bertz CT molecular complexity index is 982. The van der Waals surface area contributed by atoms with Crippen LogP contribution in [-0.4, -0.2) is 34.5 Å². The van der Waals surface area contributed by atoms with Crippen LogP contribution in [0.15, 0.2) is 58.0 Å². The Morgan fingerprint density at radius 1 is 1.15 bits per heavy atom. The van der Waals surface area contributed by atoms with E-state index in [0.717, 1.165) is 28.5 Å². The van der Waals surface area contributed by atoms with Crippen LogP contribution in [-0.2, 0) is 0 Å². The van der Waals surface area contributed by atoms with Crippen molar-refractivity contribution < 1.29 is 4.79 Å². The second kappa shape index (κ2) is 7.27. The third-order valence-electron chi connectivity index (χ3n) is 4.02. The number of rotatable bonds is 2. The number of hydrogen-bond donors (Lipinski definition) is 3. The maximum atomic E-state index is 12.6. The fourth-order valence-corrected chi connectivity index (χ4v) is 3.33. The molecule has 0 unspecified atom stereocenters. The Morgan fingerprint density at radius 3 is 2.85 bits per heavy atom. The molecule has 1 aliphatic heterocycles. The first-order valence-corrected chi connectivity index (χ1v) is 9.10. The summed E-state index contributed by atoms with van der Waals surface area (Å²) in [5.41, 5.74) is 8.40. The molecule has 0 fully saturated rings. The molecule has 0 aliphatic carbocycles. The summed E-state index contributed by atoms with van der Waals surface area (Å²) in [6.07, 6.45) is 0.927. The summed E-state index contributed by atoms with van der Waals surface area (Å²) < 4.78 is 2.69. The third kappa shape index (κ3) is 3.21. The van der Waals surface area contributed by atoms with E-state index in [0.29, 0.717) is 24.0 Å². The summed E-state index contributed by atoms with van der Waals surface area (Å²) in [6, 6.07) is 14.8. The number of halogens is 1. The fraction of sp³-hybridized carbons (Fsp3) is 0.167. The molecule has 4 rings (SSSR count). The topological polar surface area (TPSA) is 83.3 Å². The zero-order valence-corrected chi connectivity index (χ0v) is 15.5. The minimum absolute atomic E-state index is 0.222. The van der Waals surface area contributed by atoms with Gasteiger partial charge in [0.1, 0.15) is 0 Å². The Hall–Kier alpha value is -2.71. The van der Waals surface area contributed by atoms with E-state index in [4.69, 9.17) is 0 Å². The molecule has 2 heterocycles. The van der Waals surface area contributed by atoms with Gasteiger partial charge in [0, 0.05) is 23.1 Å². The number of hydrazine groups is 1. The lowest BCUT2D eigenvalue weighted by atomic mass is 10.2. The molecule has 3 N–H and O–H groups in total. The zero-order chi connectivity index (χ0) is 17.9. The van der Waals surface area contributed by atoms with Gasteiger partial charge in [0.2, 0.25) is 11.9 Å². The van der Waals surface area contributed by atoms with Crippen LogP contribution in [0.4, 0.5) is 5.95 Å². The molecule has 1 aliphatic rings. The Balaban J connectivity index is 1.81. The quantitative estimate of drug-likeness (QED) is 0.604. The van der Waals surface area contributed by atoms with Crippen molar-refractivity contribution in [2.75, 3.05) is 18.4 Å². The molecule has 26 heavy (non-hydrogen) atoms. The highest BCUT2D eigenvalue weighted by Crippen LogP contribution is 2.27. The molecule has 132 valence electrons. The summed E-state index contributed by atoms with van der Waals surface area (Å²) in [4.78, 5) is 21.8. The van der Waals surface area contributed by atoms with Gasteiger partial charge in [-0.2, -0.15) is 0 Å². The number of fused-ring (bicyclic) bond motifs is 1. The monoisotopic (exact) mass is 412 g/mol. The summed E-state index contributed by atoms with van der Waals surface area (Å²) in [5.74, 6) is 0.788. The normalized spacial score (nSPS) is 14.4. The van der Waals surface area contributed by atoms with E-state index >= 15 is 0 Å². The van der Waals surface area contributed by atoms with Crippen molar-refractivity contribution in [2.24, 2.45) is 4.99 Å². The number of nitrogens with one attached hydrogen (secondary N) is 3. The van der Waals surface area contributed by atoms with Gasteiger partial charge in [-0.25, -0.2) is 15.0 Å². The number of carbonyl (C=O) groups excluding carboxylic acids is 1. The lowest BCUT2D eigenvalue weighted by Crippen LogP contribution is -2.40. The van der Waals surface area contributed by atoms with E-state index in [2.05, 4.69) is 42.1 Å². The van der Waals surface area contributed by atoms with Gasteiger partial charge in [-0.15, -0.1) is 0 Å². The predicted molar refractivity (Wildman–Crippen MR) is 105 cm³/mol. The second-order valence-electron chi connectivity index (χ2n) is 5.81. The maximum Gasteiger partial charge on any atom is 0.257 e. The average molecular weight is 413 g/mol. The molecule has 7 nitrogen and oxygen atoms in total. The average Bonchev–Trinajstić information content (AvgIpc) is 2.83. The molecular formula is C18H17BrN6O. The largest absolute Gasteiger partial charge is 0.291 e. The molecule has 3 aromatic rings. The number of aromatic nitrogens is 2. The van der Waals surface area contributed by atoms with E-state index in [-0.39, 0.29) is 5.91 Å². The Morgan fingerprint density at radius 2 is 2.00 bits per heavy atom. The molecule has 8 heteroatoms. The Kier molecular flexibility index (Phi) is 4.68. The van der Waals surface area contributed by atoms with Gasteiger partial charge < -0.3 is 0 Å². The van der Waals surface area contributed by atoms with Crippen LogP contribution in [0.2, 0.25) is 0 Å². The number of para-hydroxylation sites is 1. The molecule has 0 bridgehead atoms. The van der Waals surface area contributed by atoms with Gasteiger partial charge in [-0.3, -0.25) is 20.5 Å². The van der Waals surface area contributed by atoms with Crippen molar-refractivity contribution in [2.45, 2.75) is 6.42 Å². The van der Waals surface area contributed by atoms with Crippen LogP contribution in [0.5, 0.6) is 0 Å². The lowest BCUT2D eigenvalue weighted by Gasteiger charge is -2.14. The van der Waals surface area contributed by atoms with Gasteiger partial charge in [0.25, 0.3) is 5.91 Å². The van der Waals surface area contributed by atoms with Crippen molar-refractivity contribution in [3.63, 3.8) is 0 Å². The van der Waals surface area contributed by atoms with Gasteiger partial charge in [0.05, 0.1) is 11.0 Å². The molecular weight excluding hydrogens is 396 g/mol. The summed E-state index contributed by atoms with van der Waals surface area (Å²) >= 11 is 3.58. The molecule has 0 saturated heterocycles. The van der Waals surface area contributed by atoms with E-state index in [1.165, 1.54) is 0 Å². The minimum atomic E-state index is -0.222. The van der Waals surface area contributed by atoms with Crippen LogP contribution in [0.1, 0.15) is 16.8 Å². The van der Waals surface area contributed by atoms with Crippen LogP contribution < -0.4 is 16.2 Å². The second-order valence-corrected chi connectivity index (χ2v) is 6.66. The van der Waals surface area contributed by atoms with Gasteiger partial charge in [-0.1, -0.05) is 24.3 Å². The third-order valence-corrected chi connectivity index (χ3v) is 4.66. The molecule has 0 radical (unpaired) electrons. The fourth-order valence-electron chi connectivity index (χ4n) is 2.80. The predicted octanol–water partition coefficient (Wildman–Crippen LogP) is 2.75. The van der Waals surface area contributed by atoms with Gasteiger partial charge in [0.15, 0.2) is 0 Å². The van der Waals surface area contributed by atoms with E-state index in [9.17, 15) is 4.79 Å². The van der Waals surface area contributed by atoms with Crippen molar-refractivity contribution in [3.05, 3.63) is 58.6 Å². The van der Waals surface area contributed by atoms with Gasteiger partial charge >= 0.3 is 0 Å². The highest BCUT2D eigenvalue weighted by atomic mass is 79.9. The summed E-state index contributed by atoms with van der Waals surface area (Å²) in [7, 11) is 0. The minimum Gasteiger partial charge on any atom is -0.291 e. The smallest absolute Gasteiger partial charge is 0.257 e. The first-order valence-electron chi connectivity index (χ1n) is 8.31.